The molecule has 1 saturated heterocycles. The van der Waals surface area contributed by atoms with E-state index in [0.717, 1.165) is 31.5 Å². The number of rotatable bonds is 5. The molecular weight excluding hydrogens is 355 g/mol. The summed E-state index contributed by atoms with van der Waals surface area (Å²) in [6.45, 7) is 2.35. The maximum absolute atomic E-state index is 13.0. The molecule has 0 aliphatic carbocycles. The second kappa shape index (κ2) is 8.52. The van der Waals surface area contributed by atoms with E-state index in [1.807, 2.05) is 0 Å². The number of benzene rings is 2. The van der Waals surface area contributed by atoms with E-state index >= 15 is 0 Å². The van der Waals surface area contributed by atoms with E-state index in [4.69, 9.17) is 16.3 Å². The zero-order valence-electron chi connectivity index (χ0n) is 14.7. The van der Waals surface area contributed by atoms with E-state index < -0.39 is 0 Å². The van der Waals surface area contributed by atoms with Gasteiger partial charge in [-0.25, -0.2) is 4.39 Å². The summed E-state index contributed by atoms with van der Waals surface area (Å²) in [4.78, 5) is 14.9. The Hall–Kier alpha value is -2.11. The molecule has 3 rings (SSSR count). The van der Waals surface area contributed by atoms with Crippen molar-refractivity contribution in [1.29, 1.82) is 0 Å². The molecule has 26 heavy (non-hydrogen) atoms. The van der Waals surface area contributed by atoms with Crippen LogP contribution in [0.2, 0.25) is 5.02 Å². The summed E-state index contributed by atoms with van der Waals surface area (Å²) in [6, 6.07) is 11.7. The van der Waals surface area contributed by atoms with Gasteiger partial charge in [0.2, 0.25) is 5.91 Å². The molecule has 138 valence electrons. The van der Waals surface area contributed by atoms with Crippen molar-refractivity contribution >= 4 is 23.2 Å². The number of carbonyl (C=O) groups is 1. The van der Waals surface area contributed by atoms with E-state index in [1.54, 1.807) is 37.4 Å². The van der Waals surface area contributed by atoms with Crippen molar-refractivity contribution < 1.29 is 13.9 Å². The first-order valence-electron chi connectivity index (χ1n) is 8.66. The largest absolute Gasteiger partial charge is 0.495 e. The fourth-order valence-corrected chi connectivity index (χ4v) is 3.51. The molecule has 0 radical (unpaired) electrons. The normalized spacial score (nSPS) is 17.7. The topological polar surface area (TPSA) is 41.6 Å². The summed E-state index contributed by atoms with van der Waals surface area (Å²) in [7, 11) is 1.55. The number of halogens is 2. The van der Waals surface area contributed by atoms with E-state index in [-0.39, 0.29) is 17.6 Å². The summed E-state index contributed by atoms with van der Waals surface area (Å²) in [6.07, 6.45) is 1.82. The van der Waals surface area contributed by atoms with E-state index in [2.05, 4.69) is 10.2 Å². The number of nitrogens with zero attached hydrogens (tertiary/aromatic N) is 1. The van der Waals surface area contributed by atoms with Crippen LogP contribution in [0.5, 0.6) is 5.75 Å². The number of hydrogen-bond acceptors (Lipinski definition) is 3. The Kier molecular flexibility index (Phi) is 6.12. The van der Waals surface area contributed by atoms with Gasteiger partial charge in [0, 0.05) is 18.8 Å². The average molecular weight is 377 g/mol. The van der Waals surface area contributed by atoms with Gasteiger partial charge < -0.3 is 10.1 Å². The fourth-order valence-electron chi connectivity index (χ4n) is 3.25. The van der Waals surface area contributed by atoms with Gasteiger partial charge in [-0.1, -0.05) is 23.7 Å². The van der Waals surface area contributed by atoms with Gasteiger partial charge in [-0.05, 0) is 55.3 Å². The first kappa shape index (κ1) is 18.7. The van der Waals surface area contributed by atoms with Crippen molar-refractivity contribution in [2.75, 3.05) is 25.5 Å². The van der Waals surface area contributed by atoms with Gasteiger partial charge >= 0.3 is 0 Å². The highest BCUT2D eigenvalue weighted by atomic mass is 35.5. The minimum atomic E-state index is -0.234. The number of piperidine rings is 1. The third-order valence-electron chi connectivity index (χ3n) is 4.62. The van der Waals surface area contributed by atoms with Crippen LogP contribution < -0.4 is 10.1 Å². The molecule has 1 atom stereocenters. The highest BCUT2D eigenvalue weighted by molar-refractivity contribution is 6.32. The SMILES string of the molecule is COc1ccc(NC(=O)C2CCCN(Cc3ccc(F)cc3)C2)cc1Cl. The smallest absolute Gasteiger partial charge is 0.228 e. The first-order chi connectivity index (χ1) is 12.5. The maximum atomic E-state index is 13.0. The lowest BCUT2D eigenvalue weighted by molar-refractivity contribution is -0.121. The number of likely N-dealkylation sites (tertiary alicyclic amines) is 1. The highest BCUT2D eigenvalue weighted by Gasteiger charge is 2.26. The lowest BCUT2D eigenvalue weighted by atomic mass is 9.96. The number of methoxy groups -OCH3 is 1. The van der Waals surface area contributed by atoms with E-state index in [0.29, 0.717) is 23.0 Å². The van der Waals surface area contributed by atoms with Gasteiger partial charge in [-0.2, -0.15) is 0 Å². The maximum Gasteiger partial charge on any atom is 0.228 e. The molecule has 4 nitrogen and oxygen atoms in total. The molecule has 1 aliphatic rings. The molecular formula is C20H22ClFN2O2. The molecule has 1 fully saturated rings. The molecule has 1 unspecified atom stereocenters. The summed E-state index contributed by atoms with van der Waals surface area (Å²) in [5.41, 5.74) is 1.71. The van der Waals surface area contributed by atoms with Crippen molar-refractivity contribution in [3.05, 3.63) is 58.9 Å². The molecule has 0 spiro atoms. The fraction of sp³-hybridized carbons (Fsp3) is 0.350. The van der Waals surface area contributed by atoms with Crippen LogP contribution in [0.25, 0.3) is 0 Å². The van der Waals surface area contributed by atoms with Crippen LogP contribution in [0.1, 0.15) is 18.4 Å². The van der Waals surface area contributed by atoms with Crippen LogP contribution in [-0.2, 0) is 11.3 Å². The molecule has 0 saturated carbocycles. The Morgan fingerprint density at radius 1 is 1.31 bits per heavy atom. The Morgan fingerprint density at radius 3 is 2.77 bits per heavy atom. The van der Waals surface area contributed by atoms with Crippen LogP contribution in [-0.4, -0.2) is 31.0 Å². The standard InChI is InChI=1S/C20H22ClFN2O2/c1-26-19-9-8-17(11-18(19)21)23-20(25)15-3-2-10-24(13-15)12-14-4-6-16(22)7-5-14/h4-9,11,15H,2-3,10,12-13H2,1H3,(H,23,25). The minimum Gasteiger partial charge on any atom is -0.495 e. The number of amides is 1. The zero-order chi connectivity index (χ0) is 18.5. The van der Waals surface area contributed by atoms with Crippen molar-refractivity contribution in [2.45, 2.75) is 19.4 Å². The third-order valence-corrected chi connectivity index (χ3v) is 4.91. The van der Waals surface area contributed by atoms with Crippen LogP contribution in [0.4, 0.5) is 10.1 Å². The third kappa shape index (κ3) is 4.74. The molecule has 2 aromatic carbocycles. The second-order valence-corrected chi connectivity index (χ2v) is 6.95. The predicted molar refractivity (Wildman–Crippen MR) is 101 cm³/mol. The molecule has 0 bridgehead atoms. The Bertz CT molecular complexity index is 767. The van der Waals surface area contributed by atoms with E-state index in [9.17, 15) is 9.18 Å². The lowest BCUT2D eigenvalue weighted by Crippen LogP contribution is -2.40. The van der Waals surface area contributed by atoms with Crippen LogP contribution in [0.3, 0.4) is 0 Å². The van der Waals surface area contributed by atoms with Gasteiger partial charge in [-0.15, -0.1) is 0 Å². The van der Waals surface area contributed by atoms with Crippen molar-refractivity contribution in [3.8, 4) is 5.75 Å². The number of ether oxygens (including phenoxy) is 1. The van der Waals surface area contributed by atoms with Crippen LogP contribution in [0.15, 0.2) is 42.5 Å². The quantitative estimate of drug-likeness (QED) is 0.844. The summed E-state index contributed by atoms with van der Waals surface area (Å²) in [5, 5.41) is 3.41. The van der Waals surface area contributed by atoms with Crippen molar-refractivity contribution in [2.24, 2.45) is 5.92 Å². The monoisotopic (exact) mass is 376 g/mol. The van der Waals surface area contributed by atoms with Crippen LogP contribution in [0, 0.1) is 11.7 Å². The van der Waals surface area contributed by atoms with Gasteiger partial charge in [0.1, 0.15) is 11.6 Å². The molecule has 1 amide bonds. The highest BCUT2D eigenvalue weighted by Crippen LogP contribution is 2.28. The van der Waals surface area contributed by atoms with Crippen molar-refractivity contribution in [3.63, 3.8) is 0 Å². The zero-order valence-corrected chi connectivity index (χ0v) is 15.4. The molecule has 1 aliphatic heterocycles. The lowest BCUT2D eigenvalue weighted by Gasteiger charge is -2.32. The Labute approximate surface area is 157 Å². The van der Waals surface area contributed by atoms with Crippen molar-refractivity contribution in [1.82, 2.24) is 4.90 Å². The number of anilines is 1. The molecule has 6 heteroatoms. The molecule has 1 heterocycles. The van der Waals surface area contributed by atoms with E-state index in [1.165, 1.54) is 12.1 Å². The minimum absolute atomic E-state index is 0.00459. The van der Waals surface area contributed by atoms with Gasteiger partial charge in [0.15, 0.2) is 0 Å². The number of nitrogens with one attached hydrogen (secondary N) is 1. The summed E-state index contributed by atoms with van der Waals surface area (Å²) >= 11 is 6.11. The van der Waals surface area contributed by atoms with Gasteiger partial charge in [0.25, 0.3) is 0 Å². The number of hydrogen-bond donors (Lipinski definition) is 1. The Balaban J connectivity index is 1.59. The first-order valence-corrected chi connectivity index (χ1v) is 9.04. The Morgan fingerprint density at radius 2 is 2.08 bits per heavy atom. The molecule has 2 aromatic rings. The number of carbonyl (C=O) groups excluding carboxylic acids is 1. The molecule has 1 N–H and O–H groups in total. The average Bonchev–Trinajstić information content (AvgIpc) is 2.64. The second-order valence-electron chi connectivity index (χ2n) is 6.54. The summed E-state index contributed by atoms with van der Waals surface area (Å²) in [5.74, 6) is 0.260. The van der Waals surface area contributed by atoms with Gasteiger partial charge in [-0.3, -0.25) is 9.69 Å². The summed E-state index contributed by atoms with van der Waals surface area (Å²) < 4.78 is 18.2. The van der Waals surface area contributed by atoms with Crippen LogP contribution >= 0.6 is 11.6 Å². The molecule has 0 aromatic heterocycles. The van der Waals surface area contributed by atoms with Gasteiger partial charge in [0.05, 0.1) is 18.1 Å². The predicted octanol–water partition coefficient (Wildman–Crippen LogP) is 4.34.